The van der Waals surface area contributed by atoms with Crippen LogP contribution >= 0.6 is 0 Å². The SMILES string of the molecule is CN(C)CCN1C(=O)C([N+](=O)[O-])=C(N2CCN(C(=O)c3ccco3)CC2)C2CCCCC21. The molecule has 10 heteroatoms. The maximum Gasteiger partial charge on any atom is 0.352 e. The highest BCUT2D eigenvalue weighted by Crippen LogP contribution is 2.41. The molecule has 0 radical (unpaired) electrons. The van der Waals surface area contributed by atoms with Gasteiger partial charge in [0.15, 0.2) is 5.76 Å². The van der Waals surface area contributed by atoms with E-state index < -0.39 is 10.8 Å². The smallest absolute Gasteiger partial charge is 0.352 e. The molecule has 2 atom stereocenters. The molecular weight excluding hydrogens is 414 g/mol. The number of carbonyl (C=O) groups is 2. The summed E-state index contributed by atoms with van der Waals surface area (Å²) in [5.74, 6) is -0.385. The fraction of sp³-hybridized carbons (Fsp3) is 0.636. The molecule has 3 aliphatic rings. The van der Waals surface area contributed by atoms with Crippen molar-refractivity contribution in [1.29, 1.82) is 0 Å². The summed E-state index contributed by atoms with van der Waals surface area (Å²) in [4.78, 5) is 44.9. The number of amides is 2. The standard InChI is InChI=1S/C22H31N5O5/c1-23(2)9-14-26-17-7-4-3-6-16(17)19(20(22(26)29)27(30)31)24-10-12-25(13-11-24)21(28)18-8-5-15-32-18/h5,8,15-17H,3-4,6-7,9-14H2,1-2H3. The van der Waals surface area contributed by atoms with Crippen LogP contribution in [0, 0.1) is 16.0 Å². The Hall–Kier alpha value is -2.88. The monoisotopic (exact) mass is 445 g/mol. The second kappa shape index (κ2) is 9.32. The molecule has 4 rings (SSSR count). The van der Waals surface area contributed by atoms with Gasteiger partial charge in [0.1, 0.15) is 5.70 Å². The van der Waals surface area contributed by atoms with E-state index in [0.717, 1.165) is 25.7 Å². The minimum atomic E-state index is -0.495. The van der Waals surface area contributed by atoms with Gasteiger partial charge in [-0.15, -0.1) is 0 Å². The molecule has 1 saturated heterocycles. The second-order valence-electron chi connectivity index (χ2n) is 9.01. The second-order valence-corrected chi connectivity index (χ2v) is 9.01. The van der Waals surface area contributed by atoms with Gasteiger partial charge in [0.05, 0.1) is 11.2 Å². The zero-order valence-electron chi connectivity index (χ0n) is 18.7. The number of hydrogen-bond donors (Lipinski definition) is 0. The first-order valence-electron chi connectivity index (χ1n) is 11.3. The van der Waals surface area contributed by atoms with Gasteiger partial charge in [0.25, 0.3) is 5.91 Å². The van der Waals surface area contributed by atoms with E-state index in [1.165, 1.54) is 6.26 Å². The maximum atomic E-state index is 13.3. The van der Waals surface area contributed by atoms with Gasteiger partial charge < -0.3 is 24.0 Å². The van der Waals surface area contributed by atoms with Crippen molar-refractivity contribution in [3.8, 4) is 0 Å². The van der Waals surface area contributed by atoms with E-state index in [2.05, 4.69) is 0 Å². The molecule has 0 spiro atoms. The van der Waals surface area contributed by atoms with E-state index in [-0.39, 0.29) is 23.6 Å². The molecule has 174 valence electrons. The summed E-state index contributed by atoms with van der Waals surface area (Å²) in [6.45, 7) is 2.96. The molecule has 32 heavy (non-hydrogen) atoms. The normalized spacial score (nSPS) is 24.2. The summed E-state index contributed by atoms with van der Waals surface area (Å²) >= 11 is 0. The Morgan fingerprint density at radius 3 is 2.56 bits per heavy atom. The Labute approximate surface area is 187 Å². The highest BCUT2D eigenvalue weighted by Gasteiger charge is 2.49. The minimum absolute atomic E-state index is 0.00215. The predicted octanol–water partition coefficient (Wildman–Crippen LogP) is 1.49. The number of hydrogen-bond acceptors (Lipinski definition) is 7. The molecule has 1 aromatic rings. The average Bonchev–Trinajstić information content (AvgIpc) is 3.32. The van der Waals surface area contributed by atoms with Gasteiger partial charge in [-0.1, -0.05) is 12.8 Å². The van der Waals surface area contributed by atoms with E-state index in [9.17, 15) is 19.7 Å². The molecule has 1 saturated carbocycles. The first-order valence-corrected chi connectivity index (χ1v) is 11.3. The minimum Gasteiger partial charge on any atom is -0.459 e. The van der Waals surface area contributed by atoms with Crippen molar-refractivity contribution in [3.05, 3.63) is 45.7 Å². The molecule has 1 aliphatic carbocycles. The Morgan fingerprint density at radius 1 is 1.22 bits per heavy atom. The summed E-state index contributed by atoms with van der Waals surface area (Å²) in [6, 6.07) is 3.31. The molecule has 1 aromatic heterocycles. The topological polar surface area (TPSA) is 103 Å². The van der Waals surface area contributed by atoms with Crippen molar-refractivity contribution in [2.24, 2.45) is 5.92 Å². The number of fused-ring (bicyclic) bond motifs is 1. The van der Waals surface area contributed by atoms with Crippen molar-refractivity contribution in [3.63, 3.8) is 0 Å². The number of furan rings is 1. The Balaban J connectivity index is 1.58. The van der Waals surface area contributed by atoms with E-state index in [1.54, 1.807) is 21.9 Å². The quantitative estimate of drug-likeness (QED) is 0.483. The van der Waals surface area contributed by atoms with Crippen molar-refractivity contribution >= 4 is 11.8 Å². The van der Waals surface area contributed by atoms with Crippen LogP contribution < -0.4 is 0 Å². The van der Waals surface area contributed by atoms with E-state index in [4.69, 9.17) is 4.42 Å². The third kappa shape index (κ3) is 4.23. The van der Waals surface area contributed by atoms with Gasteiger partial charge in [0, 0.05) is 51.2 Å². The number of carbonyl (C=O) groups excluding carboxylic acids is 2. The molecule has 10 nitrogen and oxygen atoms in total. The Bertz CT molecular complexity index is 889. The summed E-state index contributed by atoms with van der Waals surface area (Å²) < 4.78 is 5.22. The molecule has 0 N–H and O–H groups in total. The van der Waals surface area contributed by atoms with Gasteiger partial charge in [-0.3, -0.25) is 19.7 Å². The zero-order chi connectivity index (χ0) is 22.8. The van der Waals surface area contributed by atoms with Gasteiger partial charge in [0.2, 0.25) is 0 Å². The lowest BCUT2D eigenvalue weighted by Crippen LogP contribution is -2.58. The summed E-state index contributed by atoms with van der Waals surface area (Å²) in [6.07, 6.45) is 5.21. The molecule has 2 fully saturated rings. The average molecular weight is 446 g/mol. The van der Waals surface area contributed by atoms with Crippen LogP contribution in [0.15, 0.2) is 34.2 Å². The highest BCUT2D eigenvalue weighted by molar-refractivity contribution is 5.93. The number of piperazine rings is 1. The Kier molecular flexibility index (Phi) is 6.50. The van der Waals surface area contributed by atoms with E-state index in [0.29, 0.717) is 50.7 Å². The first-order chi connectivity index (χ1) is 15.4. The third-order valence-corrected chi connectivity index (χ3v) is 6.80. The van der Waals surface area contributed by atoms with Crippen LogP contribution in [-0.2, 0) is 4.79 Å². The van der Waals surface area contributed by atoms with E-state index in [1.807, 2.05) is 23.9 Å². The van der Waals surface area contributed by atoms with Crippen LogP contribution in [-0.4, -0.2) is 95.7 Å². The fourth-order valence-electron chi connectivity index (χ4n) is 5.21. The van der Waals surface area contributed by atoms with Gasteiger partial charge in [-0.05, 0) is 39.1 Å². The summed E-state index contributed by atoms with van der Waals surface area (Å²) in [5, 5.41) is 12.1. The maximum absolute atomic E-state index is 13.3. The lowest BCUT2D eigenvalue weighted by atomic mass is 9.77. The van der Waals surface area contributed by atoms with Crippen LogP contribution in [0.25, 0.3) is 0 Å². The number of nitrogens with zero attached hydrogens (tertiary/aromatic N) is 5. The fourth-order valence-corrected chi connectivity index (χ4v) is 5.21. The third-order valence-electron chi connectivity index (χ3n) is 6.80. The van der Waals surface area contributed by atoms with Crippen LogP contribution in [0.1, 0.15) is 36.2 Å². The molecule has 0 aromatic carbocycles. The van der Waals surface area contributed by atoms with Crippen molar-refractivity contribution < 1.29 is 18.9 Å². The molecular formula is C22H31N5O5. The summed E-state index contributed by atoms with van der Waals surface area (Å²) in [7, 11) is 3.87. The predicted molar refractivity (Wildman–Crippen MR) is 116 cm³/mol. The summed E-state index contributed by atoms with van der Waals surface area (Å²) in [5.41, 5.74) is 0.300. The Morgan fingerprint density at radius 2 is 1.94 bits per heavy atom. The number of nitro groups is 1. The molecule has 2 unspecified atom stereocenters. The van der Waals surface area contributed by atoms with Crippen molar-refractivity contribution in [1.82, 2.24) is 19.6 Å². The lowest BCUT2D eigenvalue weighted by Gasteiger charge is -2.47. The van der Waals surface area contributed by atoms with Gasteiger partial charge >= 0.3 is 11.6 Å². The number of likely N-dealkylation sites (N-methyl/N-ethyl adjacent to an activating group) is 1. The number of rotatable bonds is 6. The lowest BCUT2D eigenvalue weighted by molar-refractivity contribution is -0.424. The van der Waals surface area contributed by atoms with Crippen molar-refractivity contribution in [2.45, 2.75) is 31.7 Å². The van der Waals surface area contributed by atoms with Crippen LogP contribution in [0.3, 0.4) is 0 Å². The van der Waals surface area contributed by atoms with Crippen LogP contribution in [0.5, 0.6) is 0 Å². The highest BCUT2D eigenvalue weighted by atomic mass is 16.6. The van der Waals surface area contributed by atoms with Crippen LogP contribution in [0.2, 0.25) is 0 Å². The molecule has 0 bridgehead atoms. The van der Waals surface area contributed by atoms with E-state index >= 15 is 0 Å². The molecule has 3 heterocycles. The molecule has 2 amide bonds. The van der Waals surface area contributed by atoms with Gasteiger partial charge in [-0.25, -0.2) is 0 Å². The first kappa shape index (κ1) is 22.3. The van der Waals surface area contributed by atoms with Gasteiger partial charge in [-0.2, -0.15) is 0 Å². The van der Waals surface area contributed by atoms with Crippen LogP contribution in [0.4, 0.5) is 0 Å². The largest absolute Gasteiger partial charge is 0.459 e. The van der Waals surface area contributed by atoms with Crippen molar-refractivity contribution in [2.75, 3.05) is 53.4 Å². The molecule has 2 aliphatic heterocycles. The zero-order valence-corrected chi connectivity index (χ0v) is 18.7.